The maximum atomic E-state index is 11.9. The Balaban J connectivity index is 2.01. The Morgan fingerprint density at radius 3 is 2.74 bits per heavy atom. The van der Waals surface area contributed by atoms with Gasteiger partial charge in [-0.15, -0.1) is 10.2 Å². The highest BCUT2D eigenvalue weighted by Gasteiger charge is 2.12. The number of hydrogen-bond acceptors (Lipinski definition) is 5. The van der Waals surface area contributed by atoms with Gasteiger partial charge in [0.15, 0.2) is 0 Å². The van der Waals surface area contributed by atoms with Crippen molar-refractivity contribution in [3.63, 3.8) is 0 Å². The predicted molar refractivity (Wildman–Crippen MR) is 67.7 cm³/mol. The Morgan fingerprint density at radius 2 is 2.11 bits per heavy atom. The summed E-state index contributed by atoms with van der Waals surface area (Å²) < 4.78 is 5.27. The minimum absolute atomic E-state index is 0.0442. The molecular formula is C13H15N3O3. The van der Waals surface area contributed by atoms with Gasteiger partial charge in [-0.2, -0.15) is 0 Å². The van der Waals surface area contributed by atoms with Crippen molar-refractivity contribution in [2.75, 3.05) is 0 Å². The van der Waals surface area contributed by atoms with Crippen molar-refractivity contribution < 1.29 is 14.3 Å². The molecule has 19 heavy (non-hydrogen) atoms. The third-order valence-corrected chi connectivity index (χ3v) is 2.61. The number of carbonyl (C=O) groups excluding carboxylic acids is 1. The Kier molecular flexibility index (Phi) is 3.79. The molecule has 0 radical (unpaired) electrons. The quantitative estimate of drug-likeness (QED) is 0.872. The summed E-state index contributed by atoms with van der Waals surface area (Å²) in [5.41, 5.74) is 1.11. The largest absolute Gasteiger partial charge is 0.507 e. The van der Waals surface area contributed by atoms with Gasteiger partial charge in [0.1, 0.15) is 5.75 Å². The highest BCUT2D eigenvalue weighted by Crippen LogP contribution is 2.18. The first-order valence-electron chi connectivity index (χ1n) is 5.99. The molecule has 100 valence electrons. The number of phenols is 1. The standard InChI is InChI=1S/C13H15N3O3/c1-3-11-15-16-12(19-11)7-14-13(18)9-5-4-8(2)6-10(9)17/h4-6,17H,3,7H2,1-2H3,(H,14,18). The van der Waals surface area contributed by atoms with Crippen molar-refractivity contribution in [2.24, 2.45) is 0 Å². The number of hydrogen-bond donors (Lipinski definition) is 2. The number of nitrogens with one attached hydrogen (secondary N) is 1. The highest BCUT2D eigenvalue weighted by atomic mass is 16.4. The topological polar surface area (TPSA) is 88.2 Å². The first-order chi connectivity index (χ1) is 9.10. The summed E-state index contributed by atoms with van der Waals surface area (Å²) in [6.45, 7) is 3.88. The zero-order valence-corrected chi connectivity index (χ0v) is 10.8. The Bertz CT molecular complexity index is 593. The lowest BCUT2D eigenvalue weighted by Crippen LogP contribution is -2.23. The van der Waals surface area contributed by atoms with Crippen LogP contribution in [-0.4, -0.2) is 21.2 Å². The van der Waals surface area contributed by atoms with E-state index in [9.17, 15) is 9.90 Å². The highest BCUT2D eigenvalue weighted by molar-refractivity contribution is 5.96. The van der Waals surface area contributed by atoms with E-state index in [2.05, 4.69) is 15.5 Å². The van der Waals surface area contributed by atoms with E-state index in [0.717, 1.165) is 5.56 Å². The van der Waals surface area contributed by atoms with Gasteiger partial charge >= 0.3 is 0 Å². The molecule has 2 aromatic rings. The normalized spacial score (nSPS) is 10.4. The molecule has 6 heteroatoms. The summed E-state index contributed by atoms with van der Waals surface area (Å²) in [5.74, 6) is 0.449. The van der Waals surface area contributed by atoms with Crippen LogP contribution >= 0.6 is 0 Å². The molecule has 0 atom stereocenters. The van der Waals surface area contributed by atoms with E-state index in [1.165, 1.54) is 6.07 Å². The average Bonchev–Trinajstić information content (AvgIpc) is 2.84. The van der Waals surface area contributed by atoms with Crippen molar-refractivity contribution in [1.29, 1.82) is 0 Å². The summed E-state index contributed by atoms with van der Waals surface area (Å²) in [4.78, 5) is 11.9. The number of benzene rings is 1. The smallest absolute Gasteiger partial charge is 0.255 e. The van der Waals surface area contributed by atoms with Gasteiger partial charge in [-0.25, -0.2) is 0 Å². The van der Waals surface area contributed by atoms with Crippen LogP contribution in [0.25, 0.3) is 0 Å². The minimum atomic E-state index is -0.381. The van der Waals surface area contributed by atoms with Crippen molar-refractivity contribution >= 4 is 5.91 Å². The molecule has 2 N–H and O–H groups in total. The lowest BCUT2D eigenvalue weighted by Gasteiger charge is -2.05. The SMILES string of the molecule is CCc1nnc(CNC(=O)c2ccc(C)cc2O)o1. The number of nitrogens with zero attached hydrogens (tertiary/aromatic N) is 2. The van der Waals surface area contributed by atoms with E-state index in [1.807, 2.05) is 13.8 Å². The molecule has 0 aliphatic heterocycles. The number of amides is 1. The zero-order chi connectivity index (χ0) is 13.8. The average molecular weight is 261 g/mol. The predicted octanol–water partition coefficient (Wildman–Crippen LogP) is 1.58. The van der Waals surface area contributed by atoms with E-state index in [0.29, 0.717) is 18.2 Å². The molecule has 1 aromatic carbocycles. The molecule has 0 unspecified atom stereocenters. The Morgan fingerprint density at radius 1 is 1.37 bits per heavy atom. The molecule has 0 aliphatic carbocycles. The maximum absolute atomic E-state index is 11.9. The molecule has 0 saturated carbocycles. The fraction of sp³-hybridized carbons (Fsp3) is 0.308. The van der Waals surface area contributed by atoms with Gasteiger partial charge in [-0.3, -0.25) is 4.79 Å². The Hall–Kier alpha value is -2.37. The Labute approximate surface area is 110 Å². The number of aromatic hydroxyl groups is 1. The summed E-state index contributed by atoms with van der Waals surface area (Å²) in [5, 5.41) is 19.9. The molecular weight excluding hydrogens is 246 g/mol. The molecule has 1 aromatic heterocycles. The molecule has 6 nitrogen and oxygen atoms in total. The molecule has 0 bridgehead atoms. The second kappa shape index (κ2) is 5.51. The summed E-state index contributed by atoms with van der Waals surface area (Å²) in [6.07, 6.45) is 0.652. The molecule has 1 heterocycles. The number of aryl methyl sites for hydroxylation is 2. The van der Waals surface area contributed by atoms with Crippen LogP contribution in [0.3, 0.4) is 0 Å². The molecule has 0 saturated heterocycles. The van der Waals surface area contributed by atoms with Gasteiger partial charge in [0.25, 0.3) is 5.91 Å². The summed E-state index contributed by atoms with van der Waals surface area (Å²) in [6, 6.07) is 4.87. The molecule has 2 rings (SSSR count). The van der Waals surface area contributed by atoms with E-state index < -0.39 is 0 Å². The lowest BCUT2D eigenvalue weighted by molar-refractivity contribution is 0.0944. The van der Waals surface area contributed by atoms with E-state index in [-0.39, 0.29) is 23.8 Å². The van der Waals surface area contributed by atoms with Gasteiger partial charge in [-0.05, 0) is 24.6 Å². The fourth-order valence-electron chi connectivity index (χ4n) is 1.59. The minimum Gasteiger partial charge on any atom is -0.507 e. The van der Waals surface area contributed by atoms with Crippen LogP contribution in [0.4, 0.5) is 0 Å². The number of aromatic nitrogens is 2. The van der Waals surface area contributed by atoms with Gasteiger partial charge in [0.2, 0.25) is 11.8 Å². The van der Waals surface area contributed by atoms with Crippen molar-refractivity contribution in [1.82, 2.24) is 15.5 Å². The van der Waals surface area contributed by atoms with Crippen molar-refractivity contribution in [3.8, 4) is 5.75 Å². The first-order valence-corrected chi connectivity index (χ1v) is 5.99. The van der Waals surface area contributed by atoms with E-state index in [4.69, 9.17) is 4.42 Å². The van der Waals surface area contributed by atoms with Crippen LogP contribution in [0.2, 0.25) is 0 Å². The monoisotopic (exact) mass is 261 g/mol. The lowest BCUT2D eigenvalue weighted by atomic mass is 10.1. The maximum Gasteiger partial charge on any atom is 0.255 e. The van der Waals surface area contributed by atoms with Gasteiger partial charge in [0.05, 0.1) is 12.1 Å². The van der Waals surface area contributed by atoms with Crippen LogP contribution in [0.1, 0.15) is 34.6 Å². The summed E-state index contributed by atoms with van der Waals surface area (Å²) in [7, 11) is 0. The van der Waals surface area contributed by atoms with Crippen LogP contribution in [0.5, 0.6) is 5.75 Å². The number of carbonyl (C=O) groups is 1. The zero-order valence-electron chi connectivity index (χ0n) is 10.8. The van der Waals surface area contributed by atoms with Gasteiger partial charge in [-0.1, -0.05) is 13.0 Å². The first kappa shape index (κ1) is 13.1. The fourth-order valence-corrected chi connectivity index (χ4v) is 1.59. The van der Waals surface area contributed by atoms with Gasteiger partial charge in [0, 0.05) is 6.42 Å². The van der Waals surface area contributed by atoms with Gasteiger partial charge < -0.3 is 14.8 Å². The number of phenolic OH excluding ortho intramolecular Hbond substituents is 1. The molecule has 0 fully saturated rings. The number of rotatable bonds is 4. The molecule has 0 spiro atoms. The molecule has 0 aliphatic rings. The summed E-state index contributed by atoms with van der Waals surface area (Å²) >= 11 is 0. The molecule has 1 amide bonds. The third kappa shape index (κ3) is 3.09. The van der Waals surface area contributed by atoms with E-state index >= 15 is 0 Å². The van der Waals surface area contributed by atoms with Crippen LogP contribution < -0.4 is 5.32 Å². The van der Waals surface area contributed by atoms with Crippen LogP contribution in [0.15, 0.2) is 22.6 Å². The third-order valence-electron chi connectivity index (χ3n) is 2.61. The van der Waals surface area contributed by atoms with Crippen LogP contribution in [-0.2, 0) is 13.0 Å². The second-order valence-electron chi connectivity index (χ2n) is 4.15. The van der Waals surface area contributed by atoms with E-state index in [1.54, 1.807) is 12.1 Å². The van der Waals surface area contributed by atoms with Crippen molar-refractivity contribution in [3.05, 3.63) is 41.1 Å². The van der Waals surface area contributed by atoms with Crippen molar-refractivity contribution in [2.45, 2.75) is 26.8 Å². The van der Waals surface area contributed by atoms with Crippen LogP contribution in [0, 0.1) is 6.92 Å². The second-order valence-corrected chi connectivity index (χ2v) is 4.15.